The van der Waals surface area contributed by atoms with Crippen molar-refractivity contribution in [1.29, 1.82) is 0 Å². The monoisotopic (exact) mass is 398 g/mol. The van der Waals surface area contributed by atoms with Crippen molar-refractivity contribution in [3.05, 3.63) is 47.0 Å². The molecule has 0 saturated heterocycles. The van der Waals surface area contributed by atoms with Gasteiger partial charge in [-0.05, 0) is 74.3 Å². The maximum Gasteiger partial charge on any atom is 0.323 e. The minimum absolute atomic E-state index is 0.0579. The van der Waals surface area contributed by atoms with Gasteiger partial charge in [0, 0.05) is 0 Å². The maximum atomic E-state index is 13.0. The first-order chi connectivity index (χ1) is 14.1. The molecule has 5 nitrogen and oxygen atoms in total. The molecule has 2 saturated carbocycles. The zero-order valence-corrected chi connectivity index (χ0v) is 17.2. The van der Waals surface area contributed by atoms with Crippen LogP contribution in [0, 0.1) is 23.2 Å². The van der Waals surface area contributed by atoms with Gasteiger partial charge in [0.15, 0.2) is 5.41 Å². The Morgan fingerprint density at radius 1 is 1.03 bits per heavy atom. The highest BCUT2D eigenvalue weighted by Crippen LogP contribution is 2.66. The van der Waals surface area contributed by atoms with Crippen molar-refractivity contribution in [2.75, 3.05) is 19.8 Å². The van der Waals surface area contributed by atoms with Crippen LogP contribution in [0.3, 0.4) is 0 Å². The number of esters is 2. The van der Waals surface area contributed by atoms with Crippen molar-refractivity contribution in [1.82, 2.24) is 0 Å². The van der Waals surface area contributed by atoms with E-state index in [1.807, 2.05) is 18.2 Å². The van der Waals surface area contributed by atoms with Crippen LogP contribution in [0.5, 0.6) is 0 Å². The number of aliphatic hydroxyl groups is 1. The van der Waals surface area contributed by atoms with Crippen LogP contribution in [0.15, 0.2) is 41.5 Å². The van der Waals surface area contributed by atoms with Gasteiger partial charge in [-0.1, -0.05) is 35.9 Å². The third kappa shape index (κ3) is 3.10. The number of benzene rings is 1. The Morgan fingerprint density at radius 3 is 2.28 bits per heavy atom. The molecule has 156 valence electrons. The van der Waals surface area contributed by atoms with E-state index >= 15 is 0 Å². The van der Waals surface area contributed by atoms with Crippen LogP contribution in [-0.4, -0.2) is 36.9 Å². The van der Waals surface area contributed by atoms with Gasteiger partial charge in [-0.25, -0.2) is 0 Å². The van der Waals surface area contributed by atoms with Gasteiger partial charge < -0.3 is 14.6 Å². The summed E-state index contributed by atoms with van der Waals surface area (Å²) in [6.45, 7) is 4.06. The van der Waals surface area contributed by atoms with Crippen LogP contribution in [0.2, 0.25) is 0 Å². The zero-order chi connectivity index (χ0) is 20.6. The smallest absolute Gasteiger partial charge is 0.323 e. The Morgan fingerprint density at radius 2 is 1.69 bits per heavy atom. The molecule has 3 aliphatic carbocycles. The lowest BCUT2D eigenvalue weighted by molar-refractivity contribution is -0.172. The average molecular weight is 398 g/mol. The van der Waals surface area contributed by atoms with Crippen molar-refractivity contribution in [2.24, 2.45) is 23.2 Å². The van der Waals surface area contributed by atoms with Gasteiger partial charge in [0.1, 0.15) is 0 Å². The summed E-state index contributed by atoms with van der Waals surface area (Å²) in [5, 5.41) is 9.97. The van der Waals surface area contributed by atoms with E-state index in [1.165, 1.54) is 11.1 Å². The Kier molecular flexibility index (Phi) is 5.52. The number of carbonyl (C=O) groups is 2. The minimum Gasteiger partial charge on any atom is -0.465 e. The van der Waals surface area contributed by atoms with Crippen molar-refractivity contribution in [3.63, 3.8) is 0 Å². The fourth-order valence-corrected chi connectivity index (χ4v) is 6.25. The Bertz CT molecular complexity index is 794. The summed E-state index contributed by atoms with van der Waals surface area (Å²) in [7, 11) is 0. The first-order valence-corrected chi connectivity index (χ1v) is 10.8. The van der Waals surface area contributed by atoms with E-state index in [2.05, 4.69) is 12.1 Å². The topological polar surface area (TPSA) is 72.8 Å². The molecule has 4 rings (SSSR count). The van der Waals surface area contributed by atoms with Crippen LogP contribution < -0.4 is 0 Å². The van der Waals surface area contributed by atoms with Crippen LogP contribution in [0.4, 0.5) is 0 Å². The number of allylic oxidation sites excluding steroid dienone is 1. The Labute approximate surface area is 172 Å². The van der Waals surface area contributed by atoms with E-state index in [0.29, 0.717) is 18.8 Å². The molecule has 2 fully saturated rings. The van der Waals surface area contributed by atoms with Gasteiger partial charge in [0.05, 0.1) is 19.8 Å². The van der Waals surface area contributed by atoms with Gasteiger partial charge in [0.2, 0.25) is 0 Å². The van der Waals surface area contributed by atoms with Crippen LogP contribution in [0.25, 0.3) is 0 Å². The number of fused-ring (bicyclic) bond motifs is 3. The van der Waals surface area contributed by atoms with Crippen molar-refractivity contribution in [3.8, 4) is 0 Å². The fourth-order valence-electron chi connectivity index (χ4n) is 6.25. The molecule has 0 amide bonds. The van der Waals surface area contributed by atoms with Crippen molar-refractivity contribution >= 4 is 11.9 Å². The second-order valence-electron chi connectivity index (χ2n) is 8.50. The standard InChI is InChI=1S/C24H30O5/c1-3-28-22(26)24(23(27)29-4-2)12-18-19(13-24)21-16(14-25)10-11-17(21)20(18)15-8-6-5-7-9-15/h5-9,17-20,25H,3-4,10-14H2,1-2H3/t17-,18+,19-,20+/m0/s1. The summed E-state index contributed by atoms with van der Waals surface area (Å²) in [4.78, 5) is 26.0. The largest absolute Gasteiger partial charge is 0.465 e. The quantitative estimate of drug-likeness (QED) is 0.450. The molecule has 1 N–H and O–H groups in total. The summed E-state index contributed by atoms with van der Waals surface area (Å²) < 4.78 is 10.7. The minimum atomic E-state index is -1.24. The van der Waals surface area contributed by atoms with Gasteiger partial charge >= 0.3 is 11.9 Å². The fraction of sp³-hybridized carbons (Fsp3) is 0.583. The average Bonchev–Trinajstić information content (AvgIpc) is 3.38. The van der Waals surface area contributed by atoms with E-state index in [4.69, 9.17) is 9.47 Å². The number of ether oxygens (including phenoxy) is 2. The molecule has 1 aromatic rings. The van der Waals surface area contributed by atoms with Crippen LogP contribution in [-0.2, 0) is 19.1 Å². The lowest BCUT2D eigenvalue weighted by atomic mass is 9.76. The number of aliphatic hydroxyl groups excluding tert-OH is 1. The first-order valence-electron chi connectivity index (χ1n) is 10.8. The van der Waals surface area contributed by atoms with Gasteiger partial charge in [-0.15, -0.1) is 0 Å². The SMILES string of the molecule is CCOC(=O)C1(C(=O)OCC)C[C@H]2[C@H](c3ccccc3)[C@@H]3CCC(CO)=C3[C@H]2C1. The Hall–Kier alpha value is -2.14. The highest BCUT2D eigenvalue weighted by Gasteiger charge is 2.64. The molecule has 0 aromatic heterocycles. The summed E-state index contributed by atoms with van der Waals surface area (Å²) in [5.41, 5.74) is 2.41. The van der Waals surface area contributed by atoms with Crippen LogP contribution >= 0.6 is 0 Å². The highest BCUT2D eigenvalue weighted by atomic mass is 16.6. The molecule has 0 bridgehead atoms. The second kappa shape index (κ2) is 7.94. The summed E-state index contributed by atoms with van der Waals surface area (Å²) >= 11 is 0. The van der Waals surface area contributed by atoms with E-state index in [0.717, 1.165) is 18.4 Å². The van der Waals surface area contributed by atoms with E-state index < -0.39 is 17.4 Å². The van der Waals surface area contributed by atoms with E-state index in [1.54, 1.807) is 13.8 Å². The Balaban J connectivity index is 1.78. The molecule has 5 heteroatoms. The molecule has 3 aliphatic rings. The lowest BCUT2D eigenvalue weighted by Gasteiger charge is -2.29. The predicted octanol–water partition coefficient (Wildman–Crippen LogP) is 3.62. The van der Waals surface area contributed by atoms with E-state index in [-0.39, 0.29) is 37.6 Å². The number of hydrogen-bond donors (Lipinski definition) is 1. The lowest BCUT2D eigenvalue weighted by Crippen LogP contribution is -2.41. The zero-order valence-electron chi connectivity index (χ0n) is 17.2. The van der Waals surface area contributed by atoms with Crippen molar-refractivity contribution in [2.45, 2.75) is 45.4 Å². The van der Waals surface area contributed by atoms with Crippen LogP contribution in [0.1, 0.15) is 51.0 Å². The van der Waals surface area contributed by atoms with Gasteiger partial charge in [-0.3, -0.25) is 9.59 Å². The molecule has 29 heavy (non-hydrogen) atoms. The molecule has 1 aromatic carbocycles. The normalized spacial score (nSPS) is 29.5. The van der Waals surface area contributed by atoms with Gasteiger partial charge in [0.25, 0.3) is 0 Å². The molecule has 0 radical (unpaired) electrons. The number of carbonyl (C=O) groups excluding carboxylic acids is 2. The number of hydrogen-bond acceptors (Lipinski definition) is 5. The van der Waals surface area contributed by atoms with E-state index in [9.17, 15) is 14.7 Å². The first kappa shape index (κ1) is 20.1. The molecular weight excluding hydrogens is 368 g/mol. The summed E-state index contributed by atoms with van der Waals surface area (Å²) in [6, 6.07) is 10.4. The third-order valence-corrected chi connectivity index (χ3v) is 7.24. The highest BCUT2D eigenvalue weighted by molar-refractivity contribution is 6.00. The molecule has 0 unspecified atom stereocenters. The third-order valence-electron chi connectivity index (χ3n) is 7.24. The molecule has 0 spiro atoms. The molecular formula is C24H30O5. The second-order valence-corrected chi connectivity index (χ2v) is 8.50. The molecule has 0 aliphatic heterocycles. The predicted molar refractivity (Wildman–Crippen MR) is 108 cm³/mol. The van der Waals surface area contributed by atoms with Gasteiger partial charge in [-0.2, -0.15) is 0 Å². The molecule has 0 heterocycles. The number of rotatable bonds is 6. The maximum absolute atomic E-state index is 13.0. The summed E-state index contributed by atoms with van der Waals surface area (Å²) in [5.74, 6) is 0.0142. The molecule has 4 atom stereocenters. The van der Waals surface area contributed by atoms with Crippen molar-refractivity contribution < 1.29 is 24.2 Å². The summed E-state index contributed by atoms with van der Waals surface area (Å²) in [6.07, 6.45) is 2.81.